The van der Waals surface area contributed by atoms with E-state index in [4.69, 9.17) is 5.73 Å². The number of phenols is 1. The number of aliphatic hydroxyl groups is 3. The number of benzene rings is 2. The minimum atomic E-state index is -2.72. The molecule has 43 heavy (non-hydrogen) atoms. The van der Waals surface area contributed by atoms with Crippen LogP contribution in [0.1, 0.15) is 22.3 Å². The van der Waals surface area contributed by atoms with Gasteiger partial charge in [-0.15, -0.1) is 0 Å². The van der Waals surface area contributed by atoms with Crippen LogP contribution in [0.4, 0.5) is 5.69 Å². The molecule has 3 aliphatic rings. The molecule has 0 unspecified atom stereocenters. The van der Waals surface area contributed by atoms with Crippen molar-refractivity contribution in [1.29, 1.82) is 0 Å². The van der Waals surface area contributed by atoms with Gasteiger partial charge < -0.3 is 36.2 Å². The quantitative estimate of drug-likeness (QED) is 0.167. The molecule has 3 aliphatic carbocycles. The van der Waals surface area contributed by atoms with E-state index in [2.05, 4.69) is 10.1 Å². The summed E-state index contributed by atoms with van der Waals surface area (Å²) in [6.07, 6.45) is 0.0679. The van der Waals surface area contributed by atoms with E-state index >= 15 is 0 Å². The van der Waals surface area contributed by atoms with Gasteiger partial charge in [0.15, 0.2) is 11.4 Å². The number of anilines is 1. The Labute approximate surface area is 244 Å². The van der Waals surface area contributed by atoms with E-state index in [9.17, 15) is 44.4 Å². The number of hydrogen-bond donors (Lipinski definition) is 6. The van der Waals surface area contributed by atoms with Gasteiger partial charge in [-0.25, -0.2) is 4.79 Å². The molecule has 224 valence electrons. The molecule has 0 radical (unpaired) electrons. The number of nitrogens with two attached hydrogens (primary N) is 1. The Kier molecular flexibility index (Phi) is 7.11. The maximum Gasteiger partial charge on any atom is 0.396 e. The number of aliphatic hydroxyl groups excluding tert-OH is 2. The monoisotopic (exact) mass is 591 g/mol. The van der Waals surface area contributed by atoms with E-state index in [1.165, 1.54) is 11.0 Å². The number of nitrogens with one attached hydrogen (secondary N) is 1. The molecule has 0 aromatic heterocycles. The lowest BCUT2D eigenvalue weighted by molar-refractivity contribution is -0.150. The van der Waals surface area contributed by atoms with Crippen LogP contribution in [0.5, 0.6) is 5.75 Å². The molecule has 5 rings (SSSR count). The molecule has 0 saturated heterocycles. The number of primary amides is 1. The number of ketones is 2. The van der Waals surface area contributed by atoms with Crippen LogP contribution in [0.3, 0.4) is 0 Å². The first kappa shape index (κ1) is 29.5. The Morgan fingerprint density at radius 1 is 1.05 bits per heavy atom. The molecule has 7 N–H and O–H groups in total. The second-order valence-corrected chi connectivity index (χ2v) is 11.0. The van der Waals surface area contributed by atoms with Gasteiger partial charge >= 0.3 is 11.9 Å². The smallest absolute Gasteiger partial charge is 0.396 e. The molecule has 0 aliphatic heterocycles. The summed E-state index contributed by atoms with van der Waals surface area (Å²) < 4.78 is 4.40. The largest absolute Gasteiger partial charge is 0.510 e. The third kappa shape index (κ3) is 4.35. The van der Waals surface area contributed by atoms with Gasteiger partial charge in [0.25, 0.3) is 5.91 Å². The number of nitrogens with zero attached hydrogens (tertiary/aromatic N) is 1. The molecule has 13 nitrogen and oxygen atoms in total. The Balaban J connectivity index is 1.60. The highest BCUT2D eigenvalue weighted by molar-refractivity contribution is 6.37. The van der Waals surface area contributed by atoms with Crippen molar-refractivity contribution in [2.75, 3.05) is 26.5 Å². The number of phenolic OH excluding ortho intramolecular Hbond substituents is 1. The van der Waals surface area contributed by atoms with Gasteiger partial charge in [-0.05, 0) is 67.7 Å². The molecule has 0 fully saturated rings. The number of esters is 1. The zero-order chi connectivity index (χ0) is 31.5. The van der Waals surface area contributed by atoms with Gasteiger partial charge in [0.2, 0.25) is 5.78 Å². The Morgan fingerprint density at radius 3 is 2.28 bits per heavy atom. The summed E-state index contributed by atoms with van der Waals surface area (Å²) in [7, 11) is 4.19. The molecule has 0 spiro atoms. The average molecular weight is 592 g/mol. The SMILES string of the molecule is COC(=O)C(=O)Nc1ccc(-c2ccc(O)c3c2C[C@H]2C[C@@H]4[C@H](N(C)C)C(O)=C(C(N)=O)C(=O)[C@]4(O)C(O)=C2C3=O)cc1. The van der Waals surface area contributed by atoms with Crippen molar-refractivity contribution in [2.45, 2.75) is 24.5 Å². The fraction of sp³-hybridized carbons (Fsp3) is 0.300. The molecule has 4 atom stereocenters. The van der Waals surface area contributed by atoms with Crippen molar-refractivity contribution in [3.63, 3.8) is 0 Å². The van der Waals surface area contributed by atoms with E-state index < -0.39 is 69.9 Å². The predicted octanol–water partition coefficient (Wildman–Crippen LogP) is 0.899. The van der Waals surface area contributed by atoms with Crippen LogP contribution in [0.15, 0.2) is 59.1 Å². The number of allylic oxidation sites excluding steroid dienone is 1. The molecular formula is C30H29N3O10. The summed E-state index contributed by atoms with van der Waals surface area (Å²) in [6, 6.07) is 8.18. The van der Waals surface area contributed by atoms with Gasteiger partial charge in [0.1, 0.15) is 22.8 Å². The number of methoxy groups -OCH3 is 1. The van der Waals surface area contributed by atoms with Crippen LogP contribution in [0, 0.1) is 11.8 Å². The molecule has 0 heterocycles. The topological polar surface area (TPSA) is 217 Å². The molecule has 13 heteroatoms. The van der Waals surface area contributed by atoms with E-state index in [0.29, 0.717) is 22.4 Å². The maximum atomic E-state index is 13.9. The Hall–Kier alpha value is -5.01. The highest BCUT2D eigenvalue weighted by Gasteiger charge is 2.63. The van der Waals surface area contributed by atoms with Crippen LogP contribution in [-0.2, 0) is 30.3 Å². The van der Waals surface area contributed by atoms with Crippen molar-refractivity contribution in [3.8, 4) is 16.9 Å². The lowest BCUT2D eigenvalue weighted by Crippen LogP contribution is -2.63. The van der Waals surface area contributed by atoms with Crippen LogP contribution in [-0.4, -0.2) is 87.5 Å². The van der Waals surface area contributed by atoms with Gasteiger partial charge in [-0.1, -0.05) is 18.2 Å². The number of rotatable bonds is 4. The molecular weight excluding hydrogens is 562 g/mol. The van der Waals surface area contributed by atoms with E-state index in [0.717, 1.165) is 7.11 Å². The van der Waals surface area contributed by atoms with Crippen LogP contribution in [0.2, 0.25) is 0 Å². The fourth-order valence-electron chi connectivity index (χ4n) is 6.53. The average Bonchev–Trinajstić information content (AvgIpc) is 2.94. The van der Waals surface area contributed by atoms with E-state index in [-0.39, 0.29) is 29.7 Å². The number of carbonyl (C=O) groups excluding carboxylic acids is 5. The van der Waals surface area contributed by atoms with Gasteiger partial charge in [-0.2, -0.15) is 0 Å². The van der Waals surface area contributed by atoms with Crippen molar-refractivity contribution in [3.05, 3.63) is 70.2 Å². The molecule has 0 saturated carbocycles. The highest BCUT2D eigenvalue weighted by Crippen LogP contribution is 2.53. The number of hydrogen-bond acceptors (Lipinski definition) is 11. The lowest BCUT2D eigenvalue weighted by Gasteiger charge is -2.50. The summed E-state index contributed by atoms with van der Waals surface area (Å²) >= 11 is 0. The minimum absolute atomic E-state index is 0.0423. The standard InChI is InChI=1S/C30H29N3O10/c1-33(2)22-17-11-13-10-16-15(12-4-6-14(7-5-12)32-28(40)29(41)43-3)8-9-18(34)20(16)23(35)19(13)25(37)30(17,42)26(38)21(24(22)36)27(31)39/h4-9,13,17,22,34,36-37,42H,10-11H2,1-3H3,(H2,31,39)(H,32,40)/t13-,17+,22-,30+/m0/s1. The second-order valence-electron chi connectivity index (χ2n) is 11.0. The summed E-state index contributed by atoms with van der Waals surface area (Å²) in [6.45, 7) is 0. The third-order valence-corrected chi connectivity index (χ3v) is 8.43. The van der Waals surface area contributed by atoms with Gasteiger partial charge in [-0.3, -0.25) is 24.1 Å². The van der Waals surface area contributed by atoms with Crippen molar-refractivity contribution < 1.29 is 49.1 Å². The highest BCUT2D eigenvalue weighted by atomic mass is 16.5. The maximum absolute atomic E-state index is 13.9. The molecule has 0 bridgehead atoms. The predicted molar refractivity (Wildman–Crippen MR) is 150 cm³/mol. The number of Topliss-reactive ketones (excluding diaryl/α,β-unsaturated/α-hetero) is 2. The number of amides is 2. The first-order valence-electron chi connectivity index (χ1n) is 13.2. The zero-order valence-electron chi connectivity index (χ0n) is 23.4. The van der Waals surface area contributed by atoms with Crippen molar-refractivity contribution in [2.24, 2.45) is 17.6 Å². The van der Waals surface area contributed by atoms with Gasteiger partial charge in [0, 0.05) is 17.2 Å². The molecule has 2 amide bonds. The number of carbonyl (C=O) groups is 5. The summed E-state index contributed by atoms with van der Waals surface area (Å²) in [5.74, 6) is -9.26. The summed E-state index contributed by atoms with van der Waals surface area (Å²) in [5, 5.41) is 47.2. The first-order chi connectivity index (χ1) is 20.2. The Morgan fingerprint density at radius 2 is 1.70 bits per heavy atom. The number of fused-ring (bicyclic) bond motifs is 3. The molecule has 2 aromatic rings. The Bertz CT molecular complexity index is 1670. The zero-order valence-corrected chi connectivity index (χ0v) is 23.4. The first-order valence-corrected chi connectivity index (χ1v) is 13.2. The van der Waals surface area contributed by atoms with Gasteiger partial charge in [0.05, 0.1) is 18.7 Å². The number of aromatic hydroxyl groups is 1. The van der Waals surface area contributed by atoms with Crippen LogP contribution in [0.25, 0.3) is 11.1 Å². The third-order valence-electron chi connectivity index (χ3n) is 8.43. The lowest BCUT2D eigenvalue weighted by atomic mass is 9.58. The van der Waals surface area contributed by atoms with Crippen molar-refractivity contribution >= 4 is 35.0 Å². The fourth-order valence-corrected chi connectivity index (χ4v) is 6.53. The number of ether oxygens (including phenoxy) is 1. The van der Waals surface area contributed by atoms with Crippen LogP contribution >= 0.6 is 0 Å². The van der Waals surface area contributed by atoms with Crippen LogP contribution < -0.4 is 11.1 Å². The molecule has 2 aromatic carbocycles. The minimum Gasteiger partial charge on any atom is -0.510 e. The number of likely N-dealkylation sites (N-methyl/N-ethyl adjacent to an activating group) is 1. The summed E-state index contributed by atoms with van der Waals surface area (Å²) in [5.41, 5.74) is 3.32. The second kappa shape index (κ2) is 10.4. The normalized spacial score (nSPS) is 24.7. The van der Waals surface area contributed by atoms with E-state index in [1.54, 1.807) is 44.4 Å². The summed E-state index contributed by atoms with van der Waals surface area (Å²) in [4.78, 5) is 64.2. The van der Waals surface area contributed by atoms with Crippen molar-refractivity contribution in [1.82, 2.24) is 4.90 Å². The van der Waals surface area contributed by atoms with E-state index in [1.807, 2.05) is 0 Å².